The highest BCUT2D eigenvalue weighted by atomic mass is 16.5. The van der Waals surface area contributed by atoms with Gasteiger partial charge in [-0.2, -0.15) is 0 Å². The van der Waals surface area contributed by atoms with Gasteiger partial charge in [-0.25, -0.2) is 0 Å². The van der Waals surface area contributed by atoms with E-state index >= 15 is 0 Å². The van der Waals surface area contributed by atoms with Crippen LogP contribution in [0.15, 0.2) is 78.9 Å². The summed E-state index contributed by atoms with van der Waals surface area (Å²) >= 11 is 0. The minimum Gasteiger partial charge on any atom is -0.489 e. The van der Waals surface area contributed by atoms with Crippen molar-refractivity contribution in [2.24, 2.45) is 5.73 Å². The highest BCUT2D eigenvalue weighted by Crippen LogP contribution is 2.24. The number of carbonyl (C=O) groups is 2. The van der Waals surface area contributed by atoms with Crippen molar-refractivity contribution in [2.75, 3.05) is 11.9 Å². The lowest BCUT2D eigenvalue weighted by molar-refractivity contribution is -0.122. The first kappa shape index (κ1) is 21.6. The molecule has 0 spiro atoms. The lowest BCUT2D eigenvalue weighted by Crippen LogP contribution is -2.39. The number of likely N-dealkylation sites (tertiary alicyclic amines) is 1. The minimum absolute atomic E-state index is 0.213. The van der Waals surface area contributed by atoms with Crippen LogP contribution in [0.1, 0.15) is 34.3 Å². The lowest BCUT2D eigenvalue weighted by atomic mass is 10.1. The number of nitrogens with one attached hydrogen (secondary N) is 1. The van der Waals surface area contributed by atoms with Crippen LogP contribution in [0.2, 0.25) is 0 Å². The second-order valence-corrected chi connectivity index (χ2v) is 7.94. The van der Waals surface area contributed by atoms with Crippen LogP contribution in [-0.4, -0.2) is 29.3 Å². The van der Waals surface area contributed by atoms with Gasteiger partial charge < -0.3 is 15.8 Å². The van der Waals surface area contributed by atoms with E-state index in [1.165, 1.54) is 0 Å². The number of rotatable bonds is 8. The van der Waals surface area contributed by atoms with Crippen LogP contribution >= 0.6 is 0 Å². The van der Waals surface area contributed by atoms with Gasteiger partial charge in [0.05, 0.1) is 6.04 Å². The van der Waals surface area contributed by atoms with Crippen molar-refractivity contribution in [1.29, 1.82) is 0 Å². The summed E-state index contributed by atoms with van der Waals surface area (Å²) in [5, 5.41) is 3.01. The molecule has 1 heterocycles. The topological polar surface area (TPSA) is 84.7 Å². The second kappa shape index (κ2) is 10.1. The Hall–Kier alpha value is -3.64. The number of nitrogens with two attached hydrogens (primary N) is 1. The van der Waals surface area contributed by atoms with Gasteiger partial charge in [0.1, 0.15) is 12.4 Å². The average molecular weight is 430 g/mol. The summed E-state index contributed by atoms with van der Waals surface area (Å²) in [5.74, 6) is 0.128. The highest BCUT2D eigenvalue weighted by Gasteiger charge is 2.29. The highest BCUT2D eigenvalue weighted by molar-refractivity contribution is 6.04. The third-order valence-corrected chi connectivity index (χ3v) is 5.68. The molecule has 1 unspecified atom stereocenters. The zero-order chi connectivity index (χ0) is 22.3. The van der Waals surface area contributed by atoms with Gasteiger partial charge in [-0.3, -0.25) is 14.5 Å². The van der Waals surface area contributed by atoms with Crippen LogP contribution in [-0.2, 0) is 17.9 Å². The smallest absolute Gasteiger partial charge is 0.255 e. The van der Waals surface area contributed by atoms with Crippen LogP contribution in [0.3, 0.4) is 0 Å². The molecule has 1 atom stereocenters. The van der Waals surface area contributed by atoms with E-state index in [1.807, 2.05) is 66.7 Å². The van der Waals surface area contributed by atoms with E-state index in [0.717, 1.165) is 36.2 Å². The molecule has 6 nitrogen and oxygen atoms in total. The maximum absolute atomic E-state index is 12.9. The summed E-state index contributed by atoms with van der Waals surface area (Å²) in [7, 11) is 0. The van der Waals surface area contributed by atoms with Crippen LogP contribution in [0, 0.1) is 0 Å². The lowest BCUT2D eigenvalue weighted by Gasteiger charge is -2.23. The number of primary amides is 1. The number of ether oxygens (including phenoxy) is 1. The molecule has 3 N–H and O–H groups in total. The van der Waals surface area contributed by atoms with Gasteiger partial charge in [-0.1, -0.05) is 54.6 Å². The van der Waals surface area contributed by atoms with Gasteiger partial charge in [-0.05, 0) is 54.8 Å². The molecule has 32 heavy (non-hydrogen) atoms. The van der Waals surface area contributed by atoms with Crippen molar-refractivity contribution in [3.8, 4) is 5.75 Å². The molecule has 0 aliphatic carbocycles. The van der Waals surface area contributed by atoms with E-state index in [9.17, 15) is 9.59 Å². The maximum Gasteiger partial charge on any atom is 0.255 e. The Morgan fingerprint density at radius 2 is 1.78 bits per heavy atom. The van der Waals surface area contributed by atoms with Gasteiger partial charge in [0, 0.05) is 17.8 Å². The molecule has 6 heteroatoms. The Labute approximate surface area is 188 Å². The van der Waals surface area contributed by atoms with E-state index in [4.69, 9.17) is 10.5 Å². The fraction of sp³-hybridized carbons (Fsp3) is 0.231. The number of carbonyl (C=O) groups excluding carboxylic acids is 2. The number of para-hydroxylation sites is 1. The van der Waals surface area contributed by atoms with E-state index in [-0.39, 0.29) is 17.9 Å². The van der Waals surface area contributed by atoms with Crippen molar-refractivity contribution < 1.29 is 14.3 Å². The van der Waals surface area contributed by atoms with Gasteiger partial charge in [0.25, 0.3) is 5.91 Å². The predicted octanol–water partition coefficient (Wildman–Crippen LogP) is 3.97. The molecule has 1 saturated heterocycles. The molecule has 3 aromatic carbocycles. The molecule has 2 amide bonds. The monoisotopic (exact) mass is 429 g/mol. The summed E-state index contributed by atoms with van der Waals surface area (Å²) in [6.07, 6.45) is 1.72. The molecule has 1 fully saturated rings. The van der Waals surface area contributed by atoms with E-state index < -0.39 is 0 Å². The first-order chi connectivity index (χ1) is 15.6. The van der Waals surface area contributed by atoms with Crippen molar-refractivity contribution in [2.45, 2.75) is 32.0 Å². The molecule has 164 valence electrons. The van der Waals surface area contributed by atoms with Crippen molar-refractivity contribution in [3.63, 3.8) is 0 Å². The van der Waals surface area contributed by atoms with E-state index in [1.54, 1.807) is 12.1 Å². The maximum atomic E-state index is 12.9. The zero-order valence-corrected chi connectivity index (χ0v) is 17.9. The van der Waals surface area contributed by atoms with E-state index in [0.29, 0.717) is 24.5 Å². The number of nitrogens with zero attached hydrogens (tertiary/aromatic N) is 1. The third-order valence-electron chi connectivity index (χ3n) is 5.68. The SMILES string of the molecule is NC(=O)C1CCCN1Cc1ccccc1NC(=O)c1cccc(OCc2ccccc2)c1. The molecule has 3 aromatic rings. The molecule has 1 aliphatic heterocycles. The molecule has 0 saturated carbocycles. The van der Waals surface area contributed by atoms with Crippen molar-refractivity contribution >= 4 is 17.5 Å². The average Bonchev–Trinajstić information content (AvgIpc) is 3.28. The molecule has 0 radical (unpaired) electrons. The third kappa shape index (κ3) is 5.34. The van der Waals surface area contributed by atoms with Gasteiger partial charge in [0.2, 0.25) is 5.91 Å². The van der Waals surface area contributed by atoms with Gasteiger partial charge >= 0.3 is 0 Å². The number of anilines is 1. The van der Waals surface area contributed by atoms with Crippen molar-refractivity contribution in [1.82, 2.24) is 4.90 Å². The van der Waals surface area contributed by atoms with Gasteiger partial charge in [-0.15, -0.1) is 0 Å². The minimum atomic E-state index is -0.295. The summed E-state index contributed by atoms with van der Waals surface area (Å²) in [6.45, 7) is 1.81. The summed E-state index contributed by atoms with van der Waals surface area (Å²) in [5.41, 5.74) is 8.80. The van der Waals surface area contributed by atoms with Crippen LogP contribution in [0.5, 0.6) is 5.75 Å². The number of hydrogen-bond donors (Lipinski definition) is 2. The molecular formula is C26H27N3O3. The fourth-order valence-electron chi connectivity index (χ4n) is 4.00. The largest absolute Gasteiger partial charge is 0.489 e. The van der Waals surface area contributed by atoms with Crippen LogP contribution in [0.4, 0.5) is 5.69 Å². The number of amides is 2. The molecule has 1 aliphatic rings. The first-order valence-electron chi connectivity index (χ1n) is 10.8. The summed E-state index contributed by atoms with van der Waals surface area (Å²) in [4.78, 5) is 26.7. The Bertz CT molecular complexity index is 1080. The molecule has 0 bridgehead atoms. The quantitative estimate of drug-likeness (QED) is 0.568. The normalized spacial score (nSPS) is 15.9. The molecule has 4 rings (SSSR count). The second-order valence-electron chi connectivity index (χ2n) is 7.94. The standard InChI is InChI=1S/C26H27N3O3/c27-25(30)24-14-7-15-29(24)17-21-10-4-5-13-23(21)28-26(31)20-11-6-12-22(16-20)32-18-19-8-2-1-3-9-19/h1-6,8-13,16,24H,7,14-15,17-18H2,(H2,27,30)(H,28,31). The fourth-order valence-corrected chi connectivity index (χ4v) is 4.00. The molecule has 0 aromatic heterocycles. The number of hydrogen-bond acceptors (Lipinski definition) is 4. The first-order valence-corrected chi connectivity index (χ1v) is 10.8. The van der Waals surface area contributed by atoms with Crippen molar-refractivity contribution in [3.05, 3.63) is 95.6 Å². The summed E-state index contributed by atoms with van der Waals surface area (Å²) in [6, 6.07) is 24.4. The Balaban J connectivity index is 1.43. The Morgan fingerprint density at radius 1 is 1.00 bits per heavy atom. The predicted molar refractivity (Wildman–Crippen MR) is 124 cm³/mol. The van der Waals surface area contributed by atoms with E-state index in [2.05, 4.69) is 10.2 Å². The Morgan fingerprint density at radius 3 is 2.59 bits per heavy atom. The Kier molecular flexibility index (Phi) is 6.82. The van der Waals surface area contributed by atoms with Gasteiger partial charge in [0.15, 0.2) is 0 Å². The van der Waals surface area contributed by atoms with Crippen LogP contribution < -0.4 is 15.8 Å². The van der Waals surface area contributed by atoms with Crippen LogP contribution in [0.25, 0.3) is 0 Å². The number of benzene rings is 3. The summed E-state index contributed by atoms with van der Waals surface area (Å²) < 4.78 is 5.85. The molecular weight excluding hydrogens is 402 g/mol. The zero-order valence-electron chi connectivity index (χ0n) is 17.9.